The number of allylic oxidation sites excluding steroid dienone is 6. The fraction of sp³-hybridized carbons (Fsp3) is 0.212. The molecule has 0 aliphatic rings. The Kier molecular flexibility index (Phi) is 8.44. The maximum Gasteiger partial charge on any atom is -0.0106 e. The first-order valence-electron chi connectivity index (χ1n) is 11.9. The molecular weight excluding hydrogens is 396 g/mol. The second kappa shape index (κ2) is 11.5. The summed E-state index contributed by atoms with van der Waals surface area (Å²) in [7, 11) is 0. The van der Waals surface area contributed by atoms with E-state index >= 15 is 0 Å². The van der Waals surface area contributed by atoms with E-state index in [4.69, 9.17) is 0 Å². The summed E-state index contributed by atoms with van der Waals surface area (Å²) >= 11 is 0. The molecule has 0 amide bonds. The van der Waals surface area contributed by atoms with Crippen molar-refractivity contribution in [2.45, 2.75) is 41.0 Å². The van der Waals surface area contributed by atoms with Crippen LogP contribution >= 0.6 is 0 Å². The Bertz CT molecular complexity index is 1180. The molecule has 0 N–H and O–H groups in total. The fourth-order valence-electron chi connectivity index (χ4n) is 4.14. The molecule has 168 valence electrons. The SMILES string of the molecule is C=C(/C(=C/C(=C\C)c1ccccc1)CC(C)C)/C(=C\c1ccccc1C)c1ccccc1C. The number of benzene rings is 3. The molecule has 0 bridgehead atoms. The molecule has 0 radical (unpaired) electrons. The van der Waals surface area contributed by atoms with Crippen molar-refractivity contribution in [3.8, 4) is 0 Å². The summed E-state index contributed by atoms with van der Waals surface area (Å²) in [6.07, 6.45) is 7.81. The summed E-state index contributed by atoms with van der Waals surface area (Å²) in [4.78, 5) is 0. The van der Waals surface area contributed by atoms with Crippen LogP contribution in [0.1, 0.15) is 55.0 Å². The largest absolute Gasteiger partial charge is 0.0909 e. The van der Waals surface area contributed by atoms with Crippen molar-refractivity contribution in [2.24, 2.45) is 5.92 Å². The van der Waals surface area contributed by atoms with Gasteiger partial charge in [-0.2, -0.15) is 0 Å². The van der Waals surface area contributed by atoms with Gasteiger partial charge in [-0.1, -0.05) is 111 Å². The minimum atomic E-state index is 0.526. The summed E-state index contributed by atoms with van der Waals surface area (Å²) < 4.78 is 0. The van der Waals surface area contributed by atoms with E-state index in [2.05, 4.69) is 138 Å². The van der Waals surface area contributed by atoms with Gasteiger partial charge in [0.05, 0.1) is 0 Å². The van der Waals surface area contributed by atoms with E-state index in [0.29, 0.717) is 5.92 Å². The smallest absolute Gasteiger partial charge is 0.0106 e. The highest BCUT2D eigenvalue weighted by molar-refractivity contribution is 5.95. The van der Waals surface area contributed by atoms with Crippen LogP contribution in [0.15, 0.2) is 109 Å². The number of hydrogen-bond donors (Lipinski definition) is 0. The van der Waals surface area contributed by atoms with Gasteiger partial charge in [0, 0.05) is 0 Å². The van der Waals surface area contributed by atoms with Gasteiger partial charge in [0.2, 0.25) is 0 Å². The van der Waals surface area contributed by atoms with Crippen molar-refractivity contribution in [3.05, 3.63) is 137 Å². The molecule has 0 aliphatic carbocycles. The molecule has 0 heterocycles. The number of hydrogen-bond acceptors (Lipinski definition) is 0. The van der Waals surface area contributed by atoms with Crippen LogP contribution < -0.4 is 0 Å². The van der Waals surface area contributed by atoms with Crippen molar-refractivity contribution in [1.29, 1.82) is 0 Å². The quantitative estimate of drug-likeness (QED) is 0.245. The molecule has 33 heavy (non-hydrogen) atoms. The van der Waals surface area contributed by atoms with Gasteiger partial charge in [-0.15, -0.1) is 0 Å². The lowest BCUT2D eigenvalue weighted by molar-refractivity contribution is 0.648. The van der Waals surface area contributed by atoms with E-state index in [1.54, 1.807) is 0 Å². The third-order valence-corrected chi connectivity index (χ3v) is 6.01. The predicted octanol–water partition coefficient (Wildman–Crippen LogP) is 9.48. The summed E-state index contributed by atoms with van der Waals surface area (Å²) in [6.45, 7) is 15.7. The highest BCUT2D eigenvalue weighted by Gasteiger charge is 2.15. The maximum absolute atomic E-state index is 4.67. The molecule has 3 aromatic carbocycles. The van der Waals surface area contributed by atoms with Crippen molar-refractivity contribution < 1.29 is 0 Å². The van der Waals surface area contributed by atoms with E-state index in [9.17, 15) is 0 Å². The standard InChI is InChI=1S/C33H36/c1-7-28(29-17-9-8-10-18-29)22-31(21-24(2)3)27(6)33(32-20-14-12-16-26(32)5)23-30-19-13-11-15-25(30)4/h7-20,22-24H,6,21H2,1-5H3/b28-7+,31-22+,33-23+. The molecule has 0 fully saturated rings. The van der Waals surface area contributed by atoms with Crippen LogP contribution in [0.4, 0.5) is 0 Å². The second-order valence-corrected chi connectivity index (χ2v) is 9.09. The van der Waals surface area contributed by atoms with Crippen LogP contribution in [-0.4, -0.2) is 0 Å². The zero-order valence-corrected chi connectivity index (χ0v) is 20.7. The van der Waals surface area contributed by atoms with Gasteiger partial charge in [0.25, 0.3) is 0 Å². The van der Waals surface area contributed by atoms with Crippen molar-refractivity contribution >= 4 is 17.2 Å². The Labute approximate surface area is 200 Å². The number of aryl methyl sites for hydroxylation is 2. The molecular formula is C33H36. The Morgan fingerprint density at radius 3 is 2.03 bits per heavy atom. The predicted molar refractivity (Wildman–Crippen MR) is 147 cm³/mol. The molecule has 0 atom stereocenters. The Balaban J connectivity index is 2.17. The third kappa shape index (κ3) is 6.33. The summed E-state index contributed by atoms with van der Waals surface area (Å²) in [5.74, 6) is 0.526. The topological polar surface area (TPSA) is 0 Å². The first-order chi connectivity index (χ1) is 15.9. The molecule has 0 heteroatoms. The third-order valence-electron chi connectivity index (χ3n) is 6.01. The summed E-state index contributed by atoms with van der Waals surface area (Å²) in [5.41, 5.74) is 11.0. The summed E-state index contributed by atoms with van der Waals surface area (Å²) in [6, 6.07) is 27.8. The maximum atomic E-state index is 4.67. The van der Waals surface area contributed by atoms with Crippen LogP contribution in [0.2, 0.25) is 0 Å². The normalized spacial score (nSPS) is 12.8. The van der Waals surface area contributed by atoms with Crippen LogP contribution in [0.25, 0.3) is 17.2 Å². The van der Waals surface area contributed by atoms with Crippen molar-refractivity contribution in [2.75, 3.05) is 0 Å². The lowest BCUT2D eigenvalue weighted by Crippen LogP contribution is -2.00. The highest BCUT2D eigenvalue weighted by Crippen LogP contribution is 2.36. The van der Waals surface area contributed by atoms with E-state index in [0.717, 1.165) is 12.0 Å². The van der Waals surface area contributed by atoms with Crippen LogP contribution in [0, 0.1) is 19.8 Å². The Morgan fingerprint density at radius 1 is 0.818 bits per heavy atom. The fourth-order valence-corrected chi connectivity index (χ4v) is 4.14. The lowest BCUT2D eigenvalue weighted by Gasteiger charge is -2.20. The van der Waals surface area contributed by atoms with Gasteiger partial charge < -0.3 is 0 Å². The first-order valence-corrected chi connectivity index (χ1v) is 11.9. The van der Waals surface area contributed by atoms with Crippen LogP contribution in [0.3, 0.4) is 0 Å². The highest BCUT2D eigenvalue weighted by atomic mass is 14.2. The van der Waals surface area contributed by atoms with Gasteiger partial charge in [-0.25, -0.2) is 0 Å². The summed E-state index contributed by atoms with van der Waals surface area (Å²) in [5, 5.41) is 0. The van der Waals surface area contributed by atoms with Crippen LogP contribution in [-0.2, 0) is 0 Å². The first kappa shape index (κ1) is 24.3. The van der Waals surface area contributed by atoms with Gasteiger partial charge >= 0.3 is 0 Å². The average molecular weight is 433 g/mol. The molecule has 0 saturated heterocycles. The molecule has 0 aliphatic heterocycles. The zero-order chi connectivity index (χ0) is 23.8. The van der Waals surface area contributed by atoms with Crippen molar-refractivity contribution in [1.82, 2.24) is 0 Å². The average Bonchev–Trinajstić information content (AvgIpc) is 2.82. The molecule has 0 aromatic heterocycles. The number of rotatable bonds is 8. The second-order valence-electron chi connectivity index (χ2n) is 9.09. The monoisotopic (exact) mass is 432 g/mol. The minimum Gasteiger partial charge on any atom is -0.0909 e. The van der Waals surface area contributed by atoms with Crippen LogP contribution in [0.5, 0.6) is 0 Å². The molecule has 0 nitrogen and oxygen atoms in total. The molecule has 0 spiro atoms. The zero-order valence-electron chi connectivity index (χ0n) is 20.7. The molecule has 0 saturated carbocycles. The van der Waals surface area contributed by atoms with E-state index in [1.165, 1.54) is 44.5 Å². The minimum absolute atomic E-state index is 0.526. The molecule has 3 aromatic rings. The van der Waals surface area contributed by atoms with Gasteiger partial charge in [0.15, 0.2) is 0 Å². The van der Waals surface area contributed by atoms with Gasteiger partial charge in [-0.05, 0) is 89.3 Å². The molecule has 0 unspecified atom stereocenters. The Hall–Kier alpha value is -3.38. The van der Waals surface area contributed by atoms with E-state index in [-0.39, 0.29) is 0 Å². The van der Waals surface area contributed by atoms with Gasteiger partial charge in [-0.3, -0.25) is 0 Å². The van der Waals surface area contributed by atoms with Gasteiger partial charge in [0.1, 0.15) is 0 Å². The van der Waals surface area contributed by atoms with Crippen molar-refractivity contribution in [3.63, 3.8) is 0 Å². The van der Waals surface area contributed by atoms with E-state index in [1.807, 2.05) is 0 Å². The molecule has 3 rings (SSSR count). The van der Waals surface area contributed by atoms with E-state index < -0.39 is 0 Å². The Morgan fingerprint density at radius 2 is 1.42 bits per heavy atom. The lowest BCUT2D eigenvalue weighted by atomic mass is 9.84.